The van der Waals surface area contributed by atoms with Crippen LogP contribution in [0.2, 0.25) is 0 Å². The van der Waals surface area contributed by atoms with Crippen LogP contribution in [0.1, 0.15) is 30.1 Å². The van der Waals surface area contributed by atoms with Gasteiger partial charge in [0.05, 0.1) is 5.69 Å². The Morgan fingerprint density at radius 3 is 2.73 bits per heavy atom. The monoisotopic (exact) mass is 300 g/mol. The SMILES string of the molecule is NCCCN(OC1CCc2c(F)cccc21)c1ccccc1. The van der Waals surface area contributed by atoms with Crippen LogP contribution >= 0.6 is 0 Å². The summed E-state index contributed by atoms with van der Waals surface area (Å²) in [5.41, 5.74) is 8.39. The molecular weight excluding hydrogens is 279 g/mol. The van der Waals surface area contributed by atoms with Crippen LogP contribution in [0.3, 0.4) is 0 Å². The van der Waals surface area contributed by atoms with E-state index < -0.39 is 0 Å². The van der Waals surface area contributed by atoms with E-state index in [2.05, 4.69) is 0 Å². The van der Waals surface area contributed by atoms with Crippen LogP contribution in [0.4, 0.5) is 10.1 Å². The highest BCUT2D eigenvalue weighted by Crippen LogP contribution is 2.36. The Labute approximate surface area is 130 Å². The van der Waals surface area contributed by atoms with Crippen LogP contribution in [0, 0.1) is 5.82 Å². The number of fused-ring (bicyclic) bond motifs is 1. The minimum absolute atomic E-state index is 0.0938. The zero-order valence-corrected chi connectivity index (χ0v) is 12.5. The Balaban J connectivity index is 1.79. The Morgan fingerprint density at radius 2 is 1.95 bits per heavy atom. The summed E-state index contributed by atoms with van der Waals surface area (Å²) in [5.74, 6) is -0.128. The molecule has 0 heterocycles. The van der Waals surface area contributed by atoms with E-state index in [0.29, 0.717) is 6.54 Å². The number of benzene rings is 2. The molecule has 22 heavy (non-hydrogen) atoms. The Morgan fingerprint density at radius 1 is 1.14 bits per heavy atom. The number of hydroxylamine groups is 1. The molecule has 1 aliphatic carbocycles. The van der Waals surface area contributed by atoms with Crippen molar-refractivity contribution in [2.75, 3.05) is 18.2 Å². The highest BCUT2D eigenvalue weighted by Gasteiger charge is 2.27. The molecule has 2 N–H and O–H groups in total. The van der Waals surface area contributed by atoms with Gasteiger partial charge < -0.3 is 5.73 Å². The third kappa shape index (κ3) is 3.13. The third-order valence-corrected chi connectivity index (χ3v) is 4.02. The molecule has 0 bridgehead atoms. The first-order chi connectivity index (χ1) is 10.8. The van der Waals surface area contributed by atoms with Crippen LogP contribution in [-0.4, -0.2) is 13.1 Å². The molecule has 4 heteroatoms. The molecule has 0 radical (unpaired) electrons. The fourth-order valence-corrected chi connectivity index (χ4v) is 2.91. The average molecular weight is 300 g/mol. The molecule has 1 atom stereocenters. The fraction of sp³-hybridized carbons (Fsp3) is 0.333. The molecule has 2 aromatic rings. The molecule has 0 fully saturated rings. The first-order valence-corrected chi connectivity index (χ1v) is 7.76. The molecule has 0 saturated carbocycles. The van der Waals surface area contributed by atoms with Crippen molar-refractivity contribution >= 4 is 5.69 Å². The quantitative estimate of drug-likeness (QED) is 0.828. The molecule has 0 spiro atoms. The normalized spacial score (nSPS) is 16.5. The van der Waals surface area contributed by atoms with Gasteiger partial charge in [0.25, 0.3) is 0 Å². The number of halogens is 1. The topological polar surface area (TPSA) is 38.5 Å². The second kappa shape index (κ2) is 6.90. The van der Waals surface area contributed by atoms with Gasteiger partial charge in [-0.3, -0.25) is 9.90 Å². The van der Waals surface area contributed by atoms with Gasteiger partial charge in [0.1, 0.15) is 11.9 Å². The number of nitrogens with zero attached hydrogens (tertiary/aromatic N) is 1. The van der Waals surface area contributed by atoms with Gasteiger partial charge in [0.15, 0.2) is 0 Å². The maximum atomic E-state index is 13.8. The highest BCUT2D eigenvalue weighted by molar-refractivity contribution is 5.44. The summed E-state index contributed by atoms with van der Waals surface area (Å²) in [4.78, 5) is 6.19. The minimum atomic E-state index is -0.128. The van der Waals surface area contributed by atoms with E-state index in [1.807, 2.05) is 41.5 Å². The highest BCUT2D eigenvalue weighted by atomic mass is 19.1. The molecule has 1 aliphatic rings. The predicted octanol–water partition coefficient (Wildman–Crippen LogP) is 3.60. The van der Waals surface area contributed by atoms with E-state index in [-0.39, 0.29) is 11.9 Å². The van der Waals surface area contributed by atoms with Crippen molar-refractivity contribution in [2.24, 2.45) is 5.73 Å². The van der Waals surface area contributed by atoms with Gasteiger partial charge in [-0.05, 0) is 55.1 Å². The van der Waals surface area contributed by atoms with Crippen LogP contribution < -0.4 is 10.8 Å². The first-order valence-electron chi connectivity index (χ1n) is 7.76. The standard InChI is InChI=1S/C18H21FN2O/c19-17-9-4-8-16-15(17)10-11-18(16)22-21(13-5-12-20)14-6-2-1-3-7-14/h1-4,6-9,18H,5,10-13,20H2. The molecule has 116 valence electrons. The smallest absolute Gasteiger partial charge is 0.126 e. The molecule has 1 unspecified atom stereocenters. The van der Waals surface area contributed by atoms with E-state index in [1.54, 1.807) is 6.07 Å². The second-order valence-electron chi connectivity index (χ2n) is 5.52. The average Bonchev–Trinajstić information content (AvgIpc) is 2.97. The van der Waals surface area contributed by atoms with Gasteiger partial charge in [-0.2, -0.15) is 0 Å². The van der Waals surface area contributed by atoms with E-state index in [1.165, 1.54) is 6.07 Å². The predicted molar refractivity (Wildman–Crippen MR) is 86.0 cm³/mol. The number of rotatable bonds is 6. The molecule has 0 amide bonds. The molecule has 3 nitrogen and oxygen atoms in total. The maximum absolute atomic E-state index is 13.8. The van der Waals surface area contributed by atoms with Crippen molar-refractivity contribution in [3.8, 4) is 0 Å². The Hall–Kier alpha value is -1.91. The van der Waals surface area contributed by atoms with Crippen molar-refractivity contribution in [1.29, 1.82) is 0 Å². The lowest BCUT2D eigenvalue weighted by Gasteiger charge is -2.27. The van der Waals surface area contributed by atoms with E-state index >= 15 is 0 Å². The molecule has 0 aliphatic heterocycles. The summed E-state index contributed by atoms with van der Waals surface area (Å²) in [6.45, 7) is 1.34. The lowest BCUT2D eigenvalue weighted by Crippen LogP contribution is -2.28. The van der Waals surface area contributed by atoms with E-state index in [4.69, 9.17) is 10.6 Å². The summed E-state index contributed by atoms with van der Waals surface area (Å²) < 4.78 is 13.8. The number of nitrogens with two attached hydrogens (primary N) is 1. The Kier molecular flexibility index (Phi) is 4.71. The van der Waals surface area contributed by atoms with Gasteiger partial charge in [0, 0.05) is 6.54 Å². The molecule has 0 aromatic heterocycles. The Bertz CT molecular complexity index is 618. The largest absolute Gasteiger partial charge is 0.330 e. The van der Waals surface area contributed by atoms with Gasteiger partial charge >= 0.3 is 0 Å². The van der Waals surface area contributed by atoms with E-state index in [0.717, 1.165) is 42.6 Å². The van der Waals surface area contributed by atoms with Crippen LogP contribution in [0.15, 0.2) is 48.5 Å². The minimum Gasteiger partial charge on any atom is -0.330 e. The number of para-hydroxylation sites is 1. The summed E-state index contributed by atoms with van der Waals surface area (Å²) in [6.07, 6.45) is 2.29. The van der Waals surface area contributed by atoms with Gasteiger partial charge in [-0.15, -0.1) is 0 Å². The van der Waals surface area contributed by atoms with Crippen molar-refractivity contribution in [3.63, 3.8) is 0 Å². The fourth-order valence-electron chi connectivity index (χ4n) is 2.91. The molecule has 0 saturated heterocycles. The van der Waals surface area contributed by atoms with E-state index in [9.17, 15) is 4.39 Å². The van der Waals surface area contributed by atoms with Crippen molar-refractivity contribution in [2.45, 2.75) is 25.4 Å². The van der Waals surface area contributed by atoms with Crippen molar-refractivity contribution < 1.29 is 9.23 Å². The summed E-state index contributed by atoms with van der Waals surface area (Å²) >= 11 is 0. The summed E-state index contributed by atoms with van der Waals surface area (Å²) in [7, 11) is 0. The zero-order chi connectivity index (χ0) is 15.4. The number of hydrogen-bond donors (Lipinski definition) is 1. The van der Waals surface area contributed by atoms with Crippen LogP contribution in [-0.2, 0) is 11.3 Å². The van der Waals surface area contributed by atoms with Crippen molar-refractivity contribution in [3.05, 3.63) is 65.5 Å². The summed E-state index contributed by atoms with van der Waals surface area (Å²) in [6, 6.07) is 15.2. The van der Waals surface area contributed by atoms with Crippen molar-refractivity contribution in [1.82, 2.24) is 0 Å². The number of anilines is 1. The maximum Gasteiger partial charge on any atom is 0.126 e. The molecular formula is C18H21FN2O. The molecule has 2 aromatic carbocycles. The second-order valence-corrected chi connectivity index (χ2v) is 5.52. The van der Waals surface area contributed by atoms with Gasteiger partial charge in [-0.1, -0.05) is 30.3 Å². The lowest BCUT2D eigenvalue weighted by molar-refractivity contribution is 0.0322. The molecule has 3 rings (SSSR count). The van der Waals surface area contributed by atoms with Crippen LogP contribution in [0.25, 0.3) is 0 Å². The third-order valence-electron chi connectivity index (χ3n) is 4.02. The zero-order valence-electron chi connectivity index (χ0n) is 12.5. The number of hydrogen-bond acceptors (Lipinski definition) is 3. The van der Waals surface area contributed by atoms with Gasteiger partial charge in [-0.25, -0.2) is 4.39 Å². The van der Waals surface area contributed by atoms with Crippen LogP contribution in [0.5, 0.6) is 0 Å². The first kappa shape index (κ1) is 15.0. The summed E-state index contributed by atoms with van der Waals surface area (Å²) in [5, 5.41) is 1.89. The van der Waals surface area contributed by atoms with Gasteiger partial charge in [0.2, 0.25) is 0 Å². The lowest BCUT2D eigenvalue weighted by atomic mass is 10.1.